The summed E-state index contributed by atoms with van der Waals surface area (Å²) in [6.45, 7) is 6.73. The van der Waals surface area contributed by atoms with E-state index in [2.05, 4.69) is 52.2 Å². The molecule has 1 fully saturated rings. The summed E-state index contributed by atoms with van der Waals surface area (Å²) in [5.74, 6) is 2.63. The number of pyridine rings is 1. The summed E-state index contributed by atoms with van der Waals surface area (Å²) in [5, 5.41) is 3.59. The number of anilines is 1. The Kier molecular flexibility index (Phi) is 4.08. The lowest BCUT2D eigenvalue weighted by molar-refractivity contribution is 0.276. The van der Waals surface area contributed by atoms with Gasteiger partial charge in [0.1, 0.15) is 5.82 Å². The van der Waals surface area contributed by atoms with E-state index in [4.69, 9.17) is 0 Å². The molecular weight excluding hydrogens is 276 g/mol. The minimum atomic E-state index is 0.583. The molecule has 17 heavy (non-hydrogen) atoms. The average molecular weight is 297 g/mol. The van der Waals surface area contributed by atoms with Gasteiger partial charge in [-0.25, -0.2) is 4.98 Å². The normalized spacial score (nSPS) is 29.1. The SMILES string of the molecule is Cc1nc(NC2CCC(C)CC2C)ccc1Br. The Morgan fingerprint density at radius 1 is 1.29 bits per heavy atom. The van der Waals surface area contributed by atoms with Crippen LogP contribution in [0.25, 0.3) is 0 Å². The van der Waals surface area contributed by atoms with E-state index in [1.54, 1.807) is 0 Å². The molecule has 2 rings (SSSR count). The molecule has 1 aromatic heterocycles. The lowest BCUT2D eigenvalue weighted by Gasteiger charge is -2.33. The molecule has 0 bridgehead atoms. The van der Waals surface area contributed by atoms with Gasteiger partial charge in [0.25, 0.3) is 0 Å². The molecule has 0 saturated heterocycles. The topological polar surface area (TPSA) is 24.9 Å². The van der Waals surface area contributed by atoms with E-state index in [9.17, 15) is 0 Å². The van der Waals surface area contributed by atoms with Crippen LogP contribution in [0.3, 0.4) is 0 Å². The Hall–Kier alpha value is -0.570. The van der Waals surface area contributed by atoms with E-state index in [0.29, 0.717) is 6.04 Å². The Balaban J connectivity index is 2.02. The first-order chi connectivity index (χ1) is 8.06. The summed E-state index contributed by atoms with van der Waals surface area (Å²) in [6, 6.07) is 4.71. The highest BCUT2D eigenvalue weighted by Gasteiger charge is 2.25. The number of halogens is 1. The first-order valence-electron chi connectivity index (χ1n) is 6.46. The fourth-order valence-electron chi connectivity index (χ4n) is 2.69. The smallest absolute Gasteiger partial charge is 0.126 e. The van der Waals surface area contributed by atoms with Crippen molar-refractivity contribution in [3.63, 3.8) is 0 Å². The largest absolute Gasteiger partial charge is 0.367 e. The zero-order chi connectivity index (χ0) is 12.4. The Bertz CT molecular complexity index is 392. The lowest BCUT2D eigenvalue weighted by atomic mass is 9.80. The molecule has 3 atom stereocenters. The van der Waals surface area contributed by atoms with Crippen LogP contribution in [-0.2, 0) is 0 Å². The minimum Gasteiger partial charge on any atom is -0.367 e. The highest BCUT2D eigenvalue weighted by atomic mass is 79.9. The van der Waals surface area contributed by atoms with Crippen LogP contribution in [0.2, 0.25) is 0 Å². The summed E-state index contributed by atoms with van der Waals surface area (Å²) < 4.78 is 1.08. The molecule has 1 aromatic rings. The predicted octanol–water partition coefficient (Wildman–Crippen LogP) is 4.39. The first-order valence-corrected chi connectivity index (χ1v) is 7.25. The van der Waals surface area contributed by atoms with Crippen LogP contribution in [-0.4, -0.2) is 11.0 Å². The van der Waals surface area contributed by atoms with Crippen LogP contribution >= 0.6 is 15.9 Å². The maximum absolute atomic E-state index is 4.56. The van der Waals surface area contributed by atoms with Gasteiger partial charge in [-0.2, -0.15) is 0 Å². The molecular formula is C14H21BrN2. The number of hydrogen-bond acceptors (Lipinski definition) is 2. The third-order valence-corrected chi connectivity index (χ3v) is 4.62. The molecule has 0 spiro atoms. The second-order valence-electron chi connectivity index (χ2n) is 5.41. The molecule has 0 radical (unpaired) electrons. The maximum Gasteiger partial charge on any atom is 0.126 e. The van der Waals surface area contributed by atoms with Crippen molar-refractivity contribution >= 4 is 21.7 Å². The number of aryl methyl sites for hydroxylation is 1. The van der Waals surface area contributed by atoms with E-state index >= 15 is 0 Å². The van der Waals surface area contributed by atoms with Gasteiger partial charge in [0.15, 0.2) is 0 Å². The van der Waals surface area contributed by atoms with Crippen molar-refractivity contribution in [1.82, 2.24) is 4.98 Å². The van der Waals surface area contributed by atoms with Crippen molar-refractivity contribution in [2.75, 3.05) is 5.32 Å². The van der Waals surface area contributed by atoms with Crippen molar-refractivity contribution < 1.29 is 0 Å². The van der Waals surface area contributed by atoms with Crippen molar-refractivity contribution in [3.05, 3.63) is 22.3 Å². The second-order valence-corrected chi connectivity index (χ2v) is 6.26. The molecule has 1 aliphatic carbocycles. The Morgan fingerprint density at radius 3 is 2.71 bits per heavy atom. The molecule has 0 amide bonds. The minimum absolute atomic E-state index is 0.583. The first kappa shape index (κ1) is 12.9. The summed E-state index contributed by atoms with van der Waals surface area (Å²) in [7, 11) is 0. The number of nitrogens with one attached hydrogen (secondary N) is 1. The van der Waals surface area contributed by atoms with Gasteiger partial charge in [0.2, 0.25) is 0 Å². The van der Waals surface area contributed by atoms with Crippen LogP contribution in [0.5, 0.6) is 0 Å². The molecule has 94 valence electrons. The van der Waals surface area contributed by atoms with Gasteiger partial charge < -0.3 is 5.32 Å². The number of nitrogens with zero attached hydrogens (tertiary/aromatic N) is 1. The fraction of sp³-hybridized carbons (Fsp3) is 0.643. The average Bonchev–Trinajstić information content (AvgIpc) is 2.27. The van der Waals surface area contributed by atoms with Crippen LogP contribution in [0.15, 0.2) is 16.6 Å². The zero-order valence-electron chi connectivity index (χ0n) is 10.8. The molecule has 1 N–H and O–H groups in total. The van der Waals surface area contributed by atoms with Crippen LogP contribution in [0.4, 0.5) is 5.82 Å². The molecule has 2 nitrogen and oxygen atoms in total. The van der Waals surface area contributed by atoms with Gasteiger partial charge >= 0.3 is 0 Å². The molecule has 1 saturated carbocycles. The quantitative estimate of drug-likeness (QED) is 0.875. The van der Waals surface area contributed by atoms with Crippen LogP contribution < -0.4 is 5.32 Å². The molecule has 3 unspecified atom stereocenters. The van der Waals surface area contributed by atoms with Crippen molar-refractivity contribution in [1.29, 1.82) is 0 Å². The van der Waals surface area contributed by atoms with Crippen LogP contribution in [0, 0.1) is 18.8 Å². The van der Waals surface area contributed by atoms with E-state index in [1.165, 1.54) is 19.3 Å². The zero-order valence-corrected chi connectivity index (χ0v) is 12.4. The van der Waals surface area contributed by atoms with Crippen LogP contribution in [0.1, 0.15) is 38.8 Å². The number of aromatic nitrogens is 1. The number of hydrogen-bond donors (Lipinski definition) is 1. The van der Waals surface area contributed by atoms with Gasteiger partial charge in [-0.15, -0.1) is 0 Å². The number of rotatable bonds is 2. The standard InChI is InChI=1S/C14H21BrN2/c1-9-4-6-13(10(2)8-9)17-14-7-5-12(15)11(3)16-14/h5,7,9-10,13H,4,6,8H2,1-3H3,(H,16,17). The van der Waals surface area contributed by atoms with Gasteiger partial charge in [0.05, 0.1) is 5.69 Å². The highest BCUT2D eigenvalue weighted by molar-refractivity contribution is 9.10. The molecule has 1 aliphatic rings. The Morgan fingerprint density at radius 2 is 2.06 bits per heavy atom. The molecule has 0 aliphatic heterocycles. The molecule has 1 heterocycles. The van der Waals surface area contributed by atoms with Gasteiger partial charge in [-0.05, 0) is 66.1 Å². The van der Waals surface area contributed by atoms with Gasteiger partial charge in [0, 0.05) is 10.5 Å². The third kappa shape index (κ3) is 3.21. The van der Waals surface area contributed by atoms with Crippen molar-refractivity contribution in [3.8, 4) is 0 Å². The summed E-state index contributed by atoms with van der Waals surface area (Å²) in [6.07, 6.45) is 3.92. The Labute approximate surface area is 112 Å². The fourth-order valence-corrected chi connectivity index (χ4v) is 2.92. The molecule has 0 aromatic carbocycles. The van der Waals surface area contributed by atoms with Gasteiger partial charge in [-0.3, -0.25) is 0 Å². The predicted molar refractivity (Wildman–Crippen MR) is 76.3 cm³/mol. The summed E-state index contributed by atoms with van der Waals surface area (Å²) >= 11 is 3.48. The van der Waals surface area contributed by atoms with E-state index in [0.717, 1.165) is 27.8 Å². The molecule has 3 heteroatoms. The van der Waals surface area contributed by atoms with E-state index in [-0.39, 0.29) is 0 Å². The summed E-state index contributed by atoms with van der Waals surface area (Å²) in [5.41, 5.74) is 1.05. The maximum atomic E-state index is 4.56. The second kappa shape index (κ2) is 5.38. The van der Waals surface area contributed by atoms with Crippen molar-refractivity contribution in [2.24, 2.45) is 11.8 Å². The monoisotopic (exact) mass is 296 g/mol. The van der Waals surface area contributed by atoms with E-state index in [1.807, 2.05) is 6.92 Å². The lowest BCUT2D eigenvalue weighted by Crippen LogP contribution is -2.33. The highest BCUT2D eigenvalue weighted by Crippen LogP contribution is 2.30. The van der Waals surface area contributed by atoms with Crippen molar-refractivity contribution in [2.45, 2.75) is 46.1 Å². The van der Waals surface area contributed by atoms with E-state index < -0.39 is 0 Å². The third-order valence-electron chi connectivity index (χ3n) is 3.79. The summed E-state index contributed by atoms with van der Waals surface area (Å²) in [4.78, 5) is 4.56. The van der Waals surface area contributed by atoms with Gasteiger partial charge in [-0.1, -0.05) is 13.8 Å².